The van der Waals surface area contributed by atoms with Gasteiger partial charge in [-0.25, -0.2) is 0 Å². The quantitative estimate of drug-likeness (QED) is 0.655. The first kappa shape index (κ1) is 16.4. The molecule has 4 heteroatoms. The molecule has 1 rings (SSSR count). The second-order valence-corrected chi connectivity index (χ2v) is 5.74. The Bertz CT molecular complexity index is 258. The largest absolute Gasteiger partial charge is 0.481 e. The first-order valence-corrected chi connectivity index (χ1v) is 7.65. The lowest BCUT2D eigenvalue weighted by atomic mass is 9.85. The molecule has 4 nitrogen and oxygen atoms in total. The number of carboxylic acid groups (broad SMARTS) is 1. The maximum absolute atomic E-state index is 10.8. The van der Waals surface area contributed by atoms with Crippen molar-refractivity contribution in [3.8, 4) is 0 Å². The van der Waals surface area contributed by atoms with E-state index >= 15 is 0 Å². The van der Waals surface area contributed by atoms with Crippen molar-refractivity contribution in [1.82, 2.24) is 4.90 Å². The summed E-state index contributed by atoms with van der Waals surface area (Å²) in [6, 6.07) is 0. The highest BCUT2D eigenvalue weighted by Gasteiger charge is 2.25. The topological polar surface area (TPSA) is 49.8 Å². The maximum atomic E-state index is 10.8. The molecule has 0 aliphatic carbocycles. The van der Waals surface area contributed by atoms with E-state index in [1.54, 1.807) is 0 Å². The molecule has 1 saturated heterocycles. The lowest BCUT2D eigenvalue weighted by molar-refractivity contribution is -0.138. The molecule has 2 unspecified atom stereocenters. The van der Waals surface area contributed by atoms with Crippen molar-refractivity contribution >= 4 is 5.97 Å². The van der Waals surface area contributed by atoms with Crippen LogP contribution in [-0.2, 0) is 9.53 Å². The Balaban J connectivity index is 2.20. The van der Waals surface area contributed by atoms with Gasteiger partial charge in [0.2, 0.25) is 0 Å². The summed E-state index contributed by atoms with van der Waals surface area (Å²) >= 11 is 0. The molecule has 1 heterocycles. The fourth-order valence-corrected chi connectivity index (χ4v) is 2.74. The first-order valence-electron chi connectivity index (χ1n) is 7.65. The van der Waals surface area contributed by atoms with Crippen LogP contribution in [0.25, 0.3) is 0 Å². The molecular formula is C15H29NO3. The molecule has 0 radical (unpaired) electrons. The summed E-state index contributed by atoms with van der Waals surface area (Å²) < 4.78 is 5.60. The number of hydrogen-bond acceptors (Lipinski definition) is 3. The van der Waals surface area contributed by atoms with Crippen LogP contribution in [-0.4, -0.2) is 48.8 Å². The number of piperidine rings is 1. The summed E-state index contributed by atoms with van der Waals surface area (Å²) in [6.45, 7) is 9.06. The third-order valence-corrected chi connectivity index (χ3v) is 4.04. The molecule has 0 aromatic rings. The number of aliphatic carboxylic acids is 1. The van der Waals surface area contributed by atoms with Gasteiger partial charge >= 0.3 is 5.97 Å². The molecule has 0 spiro atoms. The van der Waals surface area contributed by atoms with E-state index in [1.165, 1.54) is 19.3 Å². The highest BCUT2D eigenvalue weighted by Crippen LogP contribution is 2.25. The van der Waals surface area contributed by atoms with Gasteiger partial charge in [0.05, 0.1) is 6.61 Å². The molecule has 0 saturated carbocycles. The van der Waals surface area contributed by atoms with E-state index < -0.39 is 5.97 Å². The zero-order valence-corrected chi connectivity index (χ0v) is 12.4. The van der Waals surface area contributed by atoms with Gasteiger partial charge in [-0.1, -0.05) is 20.3 Å². The molecular weight excluding hydrogens is 242 g/mol. The van der Waals surface area contributed by atoms with E-state index in [-0.39, 0.29) is 5.92 Å². The van der Waals surface area contributed by atoms with Crippen molar-refractivity contribution in [2.45, 2.75) is 46.0 Å². The van der Waals surface area contributed by atoms with E-state index in [9.17, 15) is 4.79 Å². The van der Waals surface area contributed by atoms with Crippen LogP contribution >= 0.6 is 0 Å². The molecule has 19 heavy (non-hydrogen) atoms. The Hall–Kier alpha value is -0.610. The van der Waals surface area contributed by atoms with Crippen molar-refractivity contribution in [3.05, 3.63) is 0 Å². The average Bonchev–Trinajstić information content (AvgIpc) is 2.38. The van der Waals surface area contributed by atoms with Gasteiger partial charge in [-0.2, -0.15) is 0 Å². The average molecular weight is 271 g/mol. The second-order valence-electron chi connectivity index (χ2n) is 5.74. The van der Waals surface area contributed by atoms with Gasteiger partial charge < -0.3 is 14.7 Å². The number of nitrogens with zero attached hydrogens (tertiary/aromatic N) is 1. The molecule has 0 aromatic heterocycles. The molecule has 1 N–H and O–H groups in total. The van der Waals surface area contributed by atoms with E-state index in [1.807, 2.05) is 0 Å². The van der Waals surface area contributed by atoms with Crippen molar-refractivity contribution in [2.24, 2.45) is 11.8 Å². The molecule has 112 valence electrons. The minimum Gasteiger partial charge on any atom is -0.481 e. The number of hydrogen-bond donors (Lipinski definition) is 1. The molecule has 0 bridgehead atoms. The van der Waals surface area contributed by atoms with Gasteiger partial charge in [0.15, 0.2) is 0 Å². The van der Waals surface area contributed by atoms with Crippen LogP contribution in [0.5, 0.6) is 0 Å². The molecule has 1 aliphatic heterocycles. The van der Waals surface area contributed by atoms with Crippen molar-refractivity contribution in [2.75, 3.05) is 32.8 Å². The van der Waals surface area contributed by atoms with Crippen molar-refractivity contribution in [1.29, 1.82) is 0 Å². The van der Waals surface area contributed by atoms with Gasteiger partial charge in [0.1, 0.15) is 0 Å². The van der Waals surface area contributed by atoms with Crippen LogP contribution in [0.3, 0.4) is 0 Å². The molecule has 1 fully saturated rings. The van der Waals surface area contributed by atoms with Gasteiger partial charge in [-0.15, -0.1) is 0 Å². The Morgan fingerprint density at radius 1 is 1.47 bits per heavy atom. The van der Waals surface area contributed by atoms with Crippen LogP contribution < -0.4 is 0 Å². The molecule has 0 amide bonds. The van der Waals surface area contributed by atoms with Crippen LogP contribution in [0.2, 0.25) is 0 Å². The SMILES string of the molecule is CCCCOCCN1CCCC(C(C)CC(=O)O)C1. The van der Waals surface area contributed by atoms with E-state index in [4.69, 9.17) is 9.84 Å². The van der Waals surface area contributed by atoms with Crippen LogP contribution in [0.4, 0.5) is 0 Å². The number of carbonyl (C=O) groups is 1. The third kappa shape index (κ3) is 6.92. The predicted molar refractivity (Wildman–Crippen MR) is 76.3 cm³/mol. The van der Waals surface area contributed by atoms with Gasteiger partial charge in [0, 0.05) is 26.1 Å². The lowest BCUT2D eigenvalue weighted by Crippen LogP contribution is -2.40. The number of rotatable bonds is 9. The van der Waals surface area contributed by atoms with Gasteiger partial charge in [0.25, 0.3) is 0 Å². The zero-order valence-electron chi connectivity index (χ0n) is 12.4. The Labute approximate surface area is 117 Å². The summed E-state index contributed by atoms with van der Waals surface area (Å²) in [5.41, 5.74) is 0. The summed E-state index contributed by atoms with van der Waals surface area (Å²) in [4.78, 5) is 13.2. The number of carboxylic acids is 1. The monoisotopic (exact) mass is 271 g/mol. The van der Waals surface area contributed by atoms with E-state index in [0.29, 0.717) is 12.3 Å². The standard InChI is InChI=1S/C15H29NO3/c1-3-4-9-19-10-8-16-7-5-6-14(12-16)13(2)11-15(17)18/h13-14H,3-12H2,1-2H3,(H,17,18). The Morgan fingerprint density at radius 3 is 2.95 bits per heavy atom. The second kappa shape index (κ2) is 9.32. The highest BCUT2D eigenvalue weighted by atomic mass is 16.5. The normalized spacial score (nSPS) is 22.3. The summed E-state index contributed by atoms with van der Waals surface area (Å²) in [6.07, 6.45) is 4.97. The van der Waals surface area contributed by atoms with Crippen molar-refractivity contribution < 1.29 is 14.6 Å². The lowest BCUT2D eigenvalue weighted by Gasteiger charge is -2.35. The maximum Gasteiger partial charge on any atom is 0.303 e. The smallest absolute Gasteiger partial charge is 0.303 e. The first-order chi connectivity index (χ1) is 9.13. The molecule has 2 atom stereocenters. The molecule has 0 aromatic carbocycles. The predicted octanol–water partition coefficient (Wildman–Crippen LogP) is 2.63. The van der Waals surface area contributed by atoms with Crippen LogP contribution in [0.15, 0.2) is 0 Å². The minimum atomic E-state index is -0.674. The van der Waals surface area contributed by atoms with E-state index in [2.05, 4.69) is 18.7 Å². The number of unbranched alkanes of at least 4 members (excludes halogenated alkanes) is 1. The summed E-state index contributed by atoms with van der Waals surface area (Å²) in [5, 5.41) is 8.87. The van der Waals surface area contributed by atoms with Crippen LogP contribution in [0, 0.1) is 11.8 Å². The summed E-state index contributed by atoms with van der Waals surface area (Å²) in [5.74, 6) is 0.134. The molecule has 1 aliphatic rings. The fraction of sp³-hybridized carbons (Fsp3) is 0.933. The zero-order chi connectivity index (χ0) is 14.1. The number of likely N-dealkylation sites (tertiary alicyclic amines) is 1. The highest BCUT2D eigenvalue weighted by molar-refractivity contribution is 5.66. The van der Waals surface area contributed by atoms with Gasteiger partial charge in [-0.3, -0.25) is 4.79 Å². The fourth-order valence-electron chi connectivity index (χ4n) is 2.74. The van der Waals surface area contributed by atoms with Gasteiger partial charge in [-0.05, 0) is 37.6 Å². The van der Waals surface area contributed by atoms with E-state index in [0.717, 1.165) is 39.3 Å². The Morgan fingerprint density at radius 2 is 2.26 bits per heavy atom. The van der Waals surface area contributed by atoms with Crippen LogP contribution in [0.1, 0.15) is 46.0 Å². The Kier molecular flexibility index (Phi) is 8.07. The van der Waals surface area contributed by atoms with Crippen molar-refractivity contribution in [3.63, 3.8) is 0 Å². The summed E-state index contributed by atoms with van der Waals surface area (Å²) in [7, 11) is 0. The number of ether oxygens (including phenoxy) is 1. The minimum absolute atomic E-state index is 0.279. The third-order valence-electron chi connectivity index (χ3n) is 4.04.